The van der Waals surface area contributed by atoms with E-state index in [0.29, 0.717) is 6.61 Å². The summed E-state index contributed by atoms with van der Waals surface area (Å²) in [6.45, 7) is 8.25. The minimum Gasteiger partial charge on any atom is -0.473 e. The lowest BCUT2D eigenvalue weighted by atomic mass is 10.0. The second-order valence-corrected chi connectivity index (χ2v) is 8.25. The molecule has 2 aromatic rings. The van der Waals surface area contributed by atoms with Gasteiger partial charge in [-0.25, -0.2) is 9.59 Å². The van der Waals surface area contributed by atoms with E-state index in [1.54, 1.807) is 0 Å². The van der Waals surface area contributed by atoms with Crippen LogP contribution in [0.15, 0.2) is 54.6 Å². The van der Waals surface area contributed by atoms with Gasteiger partial charge in [-0.3, -0.25) is 9.80 Å². The first-order valence-electron chi connectivity index (χ1n) is 10.8. The summed E-state index contributed by atoms with van der Waals surface area (Å²) in [6.07, 6.45) is -0.342. The molecule has 8 nitrogen and oxygen atoms in total. The SMILES string of the molecule is CC(O)CN1CCN(CCOC(c2ccccc2)c2ccc(Cl)cc2)CC1.O=C(O)C(=O)O. The molecule has 3 rings (SSSR count). The molecule has 2 atom stereocenters. The van der Waals surface area contributed by atoms with Gasteiger partial charge in [0.25, 0.3) is 0 Å². The average Bonchev–Trinajstić information content (AvgIpc) is 2.79. The minimum absolute atomic E-state index is 0.0833. The van der Waals surface area contributed by atoms with E-state index in [9.17, 15) is 5.11 Å². The molecule has 1 aliphatic heterocycles. The molecule has 0 aliphatic carbocycles. The smallest absolute Gasteiger partial charge is 0.414 e. The van der Waals surface area contributed by atoms with Crippen LogP contribution in [-0.4, -0.2) is 89.0 Å². The molecule has 0 bridgehead atoms. The molecule has 2 aromatic carbocycles. The van der Waals surface area contributed by atoms with Gasteiger partial charge in [0.15, 0.2) is 0 Å². The highest BCUT2D eigenvalue weighted by atomic mass is 35.5. The van der Waals surface area contributed by atoms with E-state index in [0.717, 1.165) is 55.4 Å². The second kappa shape index (κ2) is 13.9. The van der Waals surface area contributed by atoms with Crippen molar-refractivity contribution < 1.29 is 29.6 Å². The third-order valence-electron chi connectivity index (χ3n) is 5.14. The average molecular weight is 479 g/mol. The number of ether oxygens (including phenoxy) is 1. The molecule has 0 amide bonds. The lowest BCUT2D eigenvalue weighted by Crippen LogP contribution is -2.48. The minimum atomic E-state index is -1.82. The Hall–Kier alpha value is -2.49. The quantitative estimate of drug-likeness (QED) is 0.496. The molecule has 9 heteroatoms. The summed E-state index contributed by atoms with van der Waals surface area (Å²) in [5, 5.41) is 25.0. The van der Waals surface area contributed by atoms with Crippen LogP contribution in [-0.2, 0) is 14.3 Å². The van der Waals surface area contributed by atoms with Gasteiger partial charge in [-0.1, -0.05) is 54.1 Å². The summed E-state index contributed by atoms with van der Waals surface area (Å²) in [7, 11) is 0. The number of benzene rings is 2. The van der Waals surface area contributed by atoms with Crippen molar-refractivity contribution in [1.82, 2.24) is 9.80 Å². The maximum Gasteiger partial charge on any atom is 0.414 e. The van der Waals surface area contributed by atoms with E-state index in [1.165, 1.54) is 0 Å². The van der Waals surface area contributed by atoms with Gasteiger partial charge in [-0.05, 0) is 30.2 Å². The molecule has 1 saturated heterocycles. The predicted octanol–water partition coefficient (Wildman–Crippen LogP) is 2.60. The topological polar surface area (TPSA) is 111 Å². The van der Waals surface area contributed by atoms with Gasteiger partial charge >= 0.3 is 11.9 Å². The Bertz CT molecular complexity index is 843. The van der Waals surface area contributed by atoms with E-state index in [-0.39, 0.29) is 12.2 Å². The van der Waals surface area contributed by atoms with Crippen molar-refractivity contribution in [3.63, 3.8) is 0 Å². The zero-order valence-corrected chi connectivity index (χ0v) is 19.4. The molecule has 3 N–H and O–H groups in total. The third kappa shape index (κ3) is 9.89. The Morgan fingerprint density at radius 3 is 1.94 bits per heavy atom. The van der Waals surface area contributed by atoms with E-state index < -0.39 is 11.9 Å². The van der Waals surface area contributed by atoms with E-state index >= 15 is 0 Å². The highest BCUT2D eigenvalue weighted by Crippen LogP contribution is 2.27. The van der Waals surface area contributed by atoms with E-state index in [1.807, 2.05) is 49.4 Å². The number of halogens is 1. The number of aliphatic carboxylic acids is 2. The van der Waals surface area contributed by atoms with Crippen LogP contribution in [0, 0.1) is 0 Å². The monoisotopic (exact) mass is 478 g/mol. The van der Waals surface area contributed by atoms with E-state index in [2.05, 4.69) is 21.9 Å². The number of carboxylic acid groups (broad SMARTS) is 2. The summed E-state index contributed by atoms with van der Waals surface area (Å²) >= 11 is 6.04. The maximum atomic E-state index is 9.52. The number of aliphatic hydroxyl groups excluding tert-OH is 1. The molecular formula is C24H31ClN2O6. The van der Waals surface area contributed by atoms with Crippen LogP contribution < -0.4 is 0 Å². The summed E-state index contributed by atoms with van der Waals surface area (Å²) in [5.74, 6) is -3.65. The Kier molecular flexibility index (Phi) is 11.3. The van der Waals surface area contributed by atoms with Gasteiger partial charge in [0.05, 0.1) is 12.7 Å². The zero-order valence-electron chi connectivity index (χ0n) is 18.6. The van der Waals surface area contributed by atoms with Crippen molar-refractivity contribution in [2.24, 2.45) is 0 Å². The fourth-order valence-electron chi connectivity index (χ4n) is 3.52. The first kappa shape index (κ1) is 26.8. The number of aliphatic hydroxyl groups is 1. The highest BCUT2D eigenvalue weighted by Gasteiger charge is 2.19. The van der Waals surface area contributed by atoms with Crippen LogP contribution in [0.4, 0.5) is 0 Å². The van der Waals surface area contributed by atoms with Gasteiger partial charge in [-0.2, -0.15) is 0 Å². The summed E-state index contributed by atoms with van der Waals surface area (Å²) < 4.78 is 6.31. The summed E-state index contributed by atoms with van der Waals surface area (Å²) in [4.78, 5) is 23.0. The normalized spacial score (nSPS) is 16.3. The van der Waals surface area contributed by atoms with Gasteiger partial charge in [0.1, 0.15) is 6.10 Å². The fraction of sp³-hybridized carbons (Fsp3) is 0.417. The second-order valence-electron chi connectivity index (χ2n) is 7.81. The fourth-order valence-corrected chi connectivity index (χ4v) is 3.65. The van der Waals surface area contributed by atoms with Gasteiger partial charge < -0.3 is 20.1 Å². The van der Waals surface area contributed by atoms with Crippen molar-refractivity contribution in [3.05, 3.63) is 70.7 Å². The molecule has 0 spiro atoms. The van der Waals surface area contributed by atoms with Crippen molar-refractivity contribution in [1.29, 1.82) is 0 Å². The molecule has 33 heavy (non-hydrogen) atoms. The van der Waals surface area contributed by atoms with Crippen molar-refractivity contribution in [2.75, 3.05) is 45.9 Å². The molecule has 0 aromatic heterocycles. The molecule has 180 valence electrons. The summed E-state index contributed by atoms with van der Waals surface area (Å²) in [6, 6.07) is 18.2. The molecule has 2 unspecified atom stereocenters. The van der Waals surface area contributed by atoms with Crippen LogP contribution >= 0.6 is 11.6 Å². The van der Waals surface area contributed by atoms with Crippen LogP contribution in [0.3, 0.4) is 0 Å². The molecular weight excluding hydrogens is 448 g/mol. The first-order chi connectivity index (χ1) is 15.8. The van der Waals surface area contributed by atoms with E-state index in [4.69, 9.17) is 36.1 Å². The van der Waals surface area contributed by atoms with Crippen LogP contribution in [0.25, 0.3) is 0 Å². The molecule has 0 saturated carbocycles. The number of piperazine rings is 1. The lowest BCUT2D eigenvalue weighted by Gasteiger charge is -2.35. The number of rotatable bonds is 8. The summed E-state index contributed by atoms with van der Waals surface area (Å²) in [5.41, 5.74) is 2.27. The van der Waals surface area contributed by atoms with Crippen LogP contribution in [0.1, 0.15) is 24.2 Å². The van der Waals surface area contributed by atoms with Crippen molar-refractivity contribution in [3.8, 4) is 0 Å². The number of carboxylic acids is 2. The lowest BCUT2D eigenvalue weighted by molar-refractivity contribution is -0.159. The Labute approximate surface area is 199 Å². The highest BCUT2D eigenvalue weighted by molar-refractivity contribution is 6.30. The standard InChI is InChI=1S/C22H29ClN2O2.C2H2O4/c1-18(26)17-25-13-11-24(12-14-25)15-16-27-22(19-5-3-2-4-6-19)20-7-9-21(23)10-8-20;3-1(4)2(5)6/h2-10,18,22,26H,11-17H2,1H3;(H,3,4)(H,5,6). The van der Waals surface area contributed by atoms with Crippen LogP contribution in [0.5, 0.6) is 0 Å². The Morgan fingerprint density at radius 2 is 1.42 bits per heavy atom. The zero-order chi connectivity index (χ0) is 24.2. The molecule has 1 aliphatic rings. The first-order valence-corrected chi connectivity index (χ1v) is 11.1. The van der Waals surface area contributed by atoms with Crippen molar-refractivity contribution in [2.45, 2.75) is 19.1 Å². The van der Waals surface area contributed by atoms with Gasteiger partial charge in [-0.15, -0.1) is 0 Å². The number of β-amino-alcohol motifs (C(OH)–C–C–N with tert-alkyl or cyclic N) is 1. The number of hydrogen-bond acceptors (Lipinski definition) is 6. The number of nitrogens with zero attached hydrogens (tertiary/aromatic N) is 2. The predicted molar refractivity (Wildman–Crippen MR) is 126 cm³/mol. The number of carbonyl (C=O) groups is 2. The van der Waals surface area contributed by atoms with Gasteiger partial charge in [0.2, 0.25) is 0 Å². The third-order valence-corrected chi connectivity index (χ3v) is 5.39. The molecule has 1 fully saturated rings. The van der Waals surface area contributed by atoms with Crippen molar-refractivity contribution >= 4 is 23.5 Å². The Morgan fingerprint density at radius 1 is 0.909 bits per heavy atom. The largest absolute Gasteiger partial charge is 0.473 e. The van der Waals surface area contributed by atoms with Gasteiger partial charge in [0, 0.05) is 44.3 Å². The Balaban J connectivity index is 0.000000569. The van der Waals surface area contributed by atoms with Crippen LogP contribution in [0.2, 0.25) is 5.02 Å². The number of hydrogen-bond donors (Lipinski definition) is 3. The molecule has 1 heterocycles. The molecule has 0 radical (unpaired) electrons. The maximum absolute atomic E-state index is 9.52.